The third kappa shape index (κ3) is 5.27. The number of hydrogen-bond acceptors (Lipinski definition) is 4. The molecule has 30 heavy (non-hydrogen) atoms. The van der Waals surface area contributed by atoms with Gasteiger partial charge >= 0.3 is 5.97 Å². The van der Waals surface area contributed by atoms with Gasteiger partial charge in [-0.15, -0.1) is 0 Å². The molecule has 0 aliphatic rings. The molecule has 3 aromatic rings. The Morgan fingerprint density at radius 2 is 1.27 bits per heavy atom. The van der Waals surface area contributed by atoms with Gasteiger partial charge in [-0.1, -0.05) is 68.4 Å². The first-order valence-corrected chi connectivity index (χ1v) is 11.7. The van der Waals surface area contributed by atoms with Crippen molar-refractivity contribution in [3.8, 4) is 0 Å². The van der Waals surface area contributed by atoms with Crippen molar-refractivity contribution >= 4 is 23.9 Å². The minimum Gasteiger partial charge on any atom is -0.461 e. The van der Waals surface area contributed by atoms with Gasteiger partial charge in [0.05, 0.1) is 18.8 Å². The van der Waals surface area contributed by atoms with Crippen molar-refractivity contribution in [1.82, 2.24) is 0 Å². The van der Waals surface area contributed by atoms with Gasteiger partial charge in [0.1, 0.15) is 0 Å². The van der Waals surface area contributed by atoms with E-state index < -0.39 is 12.8 Å². The van der Waals surface area contributed by atoms with Gasteiger partial charge in [-0.25, -0.2) is 4.79 Å². The molecule has 0 spiro atoms. The first kappa shape index (κ1) is 22.0. The highest BCUT2D eigenvalue weighted by molar-refractivity contribution is 7.74. The van der Waals surface area contributed by atoms with E-state index in [1.54, 1.807) is 24.3 Å². The number of ether oxygens (including phenoxy) is 1. The molecule has 156 valence electrons. The number of benzene rings is 3. The Hall–Kier alpha value is -2.68. The Bertz CT molecular complexity index is 946. The van der Waals surface area contributed by atoms with E-state index in [1.807, 2.05) is 80.6 Å². The summed E-state index contributed by atoms with van der Waals surface area (Å²) in [6.07, 6.45) is 0.707. The molecule has 0 bridgehead atoms. The minimum atomic E-state index is -3.28. The molecular formula is C25H27O4P. The smallest absolute Gasteiger partial charge is 0.338 e. The van der Waals surface area contributed by atoms with Crippen LogP contribution in [0.25, 0.3) is 0 Å². The second-order valence-corrected chi connectivity index (χ2v) is 10.00. The predicted molar refractivity (Wildman–Crippen MR) is 121 cm³/mol. The van der Waals surface area contributed by atoms with Crippen LogP contribution in [0.15, 0.2) is 91.0 Å². The molecule has 0 aliphatic heterocycles. The van der Waals surface area contributed by atoms with E-state index in [4.69, 9.17) is 9.26 Å². The lowest BCUT2D eigenvalue weighted by Gasteiger charge is -2.30. The monoisotopic (exact) mass is 422 g/mol. The molecule has 0 saturated carbocycles. The molecule has 3 aromatic carbocycles. The fourth-order valence-electron chi connectivity index (χ4n) is 2.94. The van der Waals surface area contributed by atoms with Crippen LogP contribution in [0.2, 0.25) is 0 Å². The summed E-state index contributed by atoms with van der Waals surface area (Å²) in [5, 5.41) is 1.30. The van der Waals surface area contributed by atoms with E-state index in [9.17, 15) is 9.36 Å². The van der Waals surface area contributed by atoms with Gasteiger partial charge in [-0.2, -0.15) is 0 Å². The topological polar surface area (TPSA) is 52.6 Å². The molecule has 5 heteroatoms. The molecule has 0 aromatic heterocycles. The van der Waals surface area contributed by atoms with Crippen molar-refractivity contribution in [2.24, 2.45) is 5.41 Å². The molecule has 0 fully saturated rings. The van der Waals surface area contributed by atoms with E-state index in [-0.39, 0.29) is 19.2 Å². The Kier molecular flexibility index (Phi) is 7.25. The summed E-state index contributed by atoms with van der Waals surface area (Å²) in [5.41, 5.74) is 0.0417. The fraction of sp³-hybridized carbons (Fsp3) is 0.240. The molecule has 0 N–H and O–H groups in total. The number of carbonyl (C=O) groups is 1. The van der Waals surface area contributed by atoms with E-state index >= 15 is 0 Å². The summed E-state index contributed by atoms with van der Waals surface area (Å²) < 4.78 is 25.7. The van der Waals surface area contributed by atoms with Gasteiger partial charge in [-0.05, 0) is 42.8 Å². The molecule has 0 saturated heterocycles. The van der Waals surface area contributed by atoms with Gasteiger partial charge in [0.25, 0.3) is 7.37 Å². The average Bonchev–Trinajstić information content (AvgIpc) is 2.82. The molecule has 0 amide bonds. The lowest BCUT2D eigenvalue weighted by Crippen LogP contribution is -2.31. The second-order valence-electron chi connectivity index (χ2n) is 7.60. The number of esters is 1. The van der Waals surface area contributed by atoms with Gasteiger partial charge < -0.3 is 9.26 Å². The normalized spacial score (nSPS) is 13.4. The molecule has 0 aliphatic carbocycles. The minimum absolute atomic E-state index is 0.181. The first-order chi connectivity index (χ1) is 14.5. The summed E-state index contributed by atoms with van der Waals surface area (Å²) >= 11 is 0. The predicted octanol–water partition coefficient (Wildman–Crippen LogP) is 5.21. The number of rotatable bonds is 9. The molecule has 0 radical (unpaired) electrons. The highest BCUT2D eigenvalue weighted by Crippen LogP contribution is 2.46. The van der Waals surface area contributed by atoms with Crippen molar-refractivity contribution in [2.75, 3.05) is 13.2 Å². The van der Waals surface area contributed by atoms with Crippen molar-refractivity contribution in [2.45, 2.75) is 20.3 Å². The molecule has 1 atom stereocenters. The van der Waals surface area contributed by atoms with Crippen LogP contribution in [0.1, 0.15) is 30.6 Å². The SMILES string of the molecule is CCC(C)(COC(=O)c1ccccc1)COP(=O)(c1ccccc1)c1ccccc1. The quantitative estimate of drug-likeness (QED) is 0.351. The van der Waals surface area contributed by atoms with E-state index in [1.165, 1.54) is 0 Å². The van der Waals surface area contributed by atoms with Crippen molar-refractivity contribution in [1.29, 1.82) is 0 Å². The standard InChI is InChI=1S/C25H27O4P/c1-3-25(2,19-28-24(26)21-13-7-4-8-14-21)20-29-30(27,22-15-9-5-10-16-22)23-17-11-6-12-18-23/h4-18H,3,19-20H2,1-2H3. The zero-order chi connectivity index (χ0) is 21.5. The van der Waals surface area contributed by atoms with E-state index in [0.717, 1.165) is 0 Å². The molecule has 1 unspecified atom stereocenters. The van der Waals surface area contributed by atoms with Crippen molar-refractivity contribution < 1.29 is 18.6 Å². The van der Waals surface area contributed by atoms with Crippen LogP contribution in [0, 0.1) is 5.41 Å². The molecule has 4 nitrogen and oxygen atoms in total. The van der Waals surface area contributed by atoms with Crippen molar-refractivity contribution in [3.05, 3.63) is 96.6 Å². The van der Waals surface area contributed by atoms with E-state index in [2.05, 4.69) is 0 Å². The van der Waals surface area contributed by atoms with Gasteiger partial charge in [-0.3, -0.25) is 4.57 Å². The summed E-state index contributed by atoms with van der Waals surface area (Å²) in [5.74, 6) is -0.371. The van der Waals surface area contributed by atoms with Gasteiger partial charge in [0.15, 0.2) is 0 Å². The summed E-state index contributed by atoms with van der Waals surface area (Å²) in [6.45, 7) is 4.37. The second kappa shape index (κ2) is 9.88. The summed E-state index contributed by atoms with van der Waals surface area (Å²) in [4.78, 5) is 12.3. The van der Waals surface area contributed by atoms with Crippen LogP contribution >= 0.6 is 7.37 Å². The van der Waals surface area contributed by atoms with Crippen LogP contribution in [-0.2, 0) is 13.8 Å². The zero-order valence-electron chi connectivity index (χ0n) is 17.4. The molecule has 3 rings (SSSR count). The summed E-state index contributed by atoms with van der Waals surface area (Å²) in [6, 6.07) is 27.4. The lowest BCUT2D eigenvalue weighted by molar-refractivity contribution is 0.0195. The largest absolute Gasteiger partial charge is 0.461 e. The zero-order valence-corrected chi connectivity index (χ0v) is 18.3. The lowest BCUT2D eigenvalue weighted by atomic mass is 9.90. The Labute approximate surface area is 178 Å². The van der Waals surface area contributed by atoms with Crippen LogP contribution < -0.4 is 10.6 Å². The Morgan fingerprint density at radius 1 is 0.800 bits per heavy atom. The van der Waals surface area contributed by atoms with E-state index in [0.29, 0.717) is 22.6 Å². The van der Waals surface area contributed by atoms with Crippen LogP contribution in [0.3, 0.4) is 0 Å². The Morgan fingerprint density at radius 3 is 1.73 bits per heavy atom. The molecular weight excluding hydrogens is 395 g/mol. The number of hydrogen-bond donors (Lipinski definition) is 0. The first-order valence-electron chi connectivity index (χ1n) is 10.0. The van der Waals surface area contributed by atoms with Gasteiger partial charge in [0.2, 0.25) is 0 Å². The highest BCUT2D eigenvalue weighted by atomic mass is 31.2. The maximum absolute atomic E-state index is 14.0. The van der Waals surface area contributed by atoms with Crippen molar-refractivity contribution in [3.63, 3.8) is 0 Å². The molecule has 0 heterocycles. The third-order valence-electron chi connectivity index (χ3n) is 5.20. The fourth-order valence-corrected chi connectivity index (χ4v) is 5.16. The summed E-state index contributed by atoms with van der Waals surface area (Å²) in [7, 11) is -3.28. The highest BCUT2D eigenvalue weighted by Gasteiger charge is 2.33. The van der Waals surface area contributed by atoms with Crippen LogP contribution in [0.4, 0.5) is 0 Å². The number of carbonyl (C=O) groups excluding carboxylic acids is 1. The van der Waals surface area contributed by atoms with Gasteiger partial charge in [0, 0.05) is 16.0 Å². The maximum Gasteiger partial charge on any atom is 0.338 e. The van der Waals surface area contributed by atoms with Crippen LogP contribution in [0.5, 0.6) is 0 Å². The maximum atomic E-state index is 14.0. The Balaban J connectivity index is 1.76. The average molecular weight is 422 g/mol. The van der Waals surface area contributed by atoms with Crippen LogP contribution in [-0.4, -0.2) is 19.2 Å². The third-order valence-corrected chi connectivity index (χ3v) is 7.65.